The molecule has 4 rings (SSSR count). The predicted molar refractivity (Wildman–Crippen MR) is 108 cm³/mol. The van der Waals surface area contributed by atoms with Gasteiger partial charge in [-0.3, -0.25) is 14.6 Å². The number of aromatic nitrogens is 3. The Morgan fingerprint density at radius 2 is 2.04 bits per heavy atom. The van der Waals surface area contributed by atoms with E-state index in [-0.39, 0.29) is 0 Å². The van der Waals surface area contributed by atoms with Crippen molar-refractivity contribution < 1.29 is 9.47 Å². The Kier molecular flexibility index (Phi) is 6.24. The van der Waals surface area contributed by atoms with Crippen molar-refractivity contribution in [2.45, 2.75) is 39.0 Å². The molecule has 0 aliphatic carbocycles. The van der Waals surface area contributed by atoms with E-state index in [1.165, 1.54) is 11.4 Å². The van der Waals surface area contributed by atoms with E-state index in [4.69, 9.17) is 14.6 Å². The fourth-order valence-corrected chi connectivity index (χ4v) is 4.25. The van der Waals surface area contributed by atoms with Crippen LogP contribution in [-0.4, -0.2) is 65.2 Å². The highest BCUT2D eigenvalue weighted by molar-refractivity contribution is 5.50. The van der Waals surface area contributed by atoms with Gasteiger partial charge in [-0.05, 0) is 31.9 Å². The normalized spacial score (nSPS) is 20.2. The first-order chi connectivity index (χ1) is 13.7. The lowest BCUT2D eigenvalue weighted by molar-refractivity contribution is 0.0674. The summed E-state index contributed by atoms with van der Waals surface area (Å²) in [4.78, 5) is 9.42. The van der Waals surface area contributed by atoms with Crippen LogP contribution in [0.3, 0.4) is 0 Å². The van der Waals surface area contributed by atoms with Gasteiger partial charge in [-0.2, -0.15) is 5.10 Å². The third-order valence-corrected chi connectivity index (χ3v) is 5.60. The molecule has 7 nitrogen and oxygen atoms in total. The maximum absolute atomic E-state index is 5.93. The van der Waals surface area contributed by atoms with Crippen LogP contribution in [0.5, 0.6) is 0 Å². The first-order valence-corrected chi connectivity index (χ1v) is 10.3. The third kappa shape index (κ3) is 4.54. The van der Waals surface area contributed by atoms with E-state index in [9.17, 15) is 0 Å². The molecule has 2 aliphatic heterocycles. The predicted octanol–water partition coefficient (Wildman–Crippen LogP) is 2.14. The number of rotatable bonds is 7. The molecule has 2 aliphatic rings. The first kappa shape index (κ1) is 19.4. The maximum atomic E-state index is 5.93. The molecular formula is C21H31N5O2. The molecule has 7 heteroatoms. The second-order valence-electron chi connectivity index (χ2n) is 7.74. The topological polar surface area (TPSA) is 55.7 Å². The van der Waals surface area contributed by atoms with Crippen LogP contribution in [-0.2, 0) is 29.6 Å². The number of ether oxygens (including phenoxy) is 2. The summed E-state index contributed by atoms with van der Waals surface area (Å²) < 4.78 is 13.5. The zero-order chi connectivity index (χ0) is 19.3. The van der Waals surface area contributed by atoms with Crippen LogP contribution in [0.25, 0.3) is 0 Å². The van der Waals surface area contributed by atoms with E-state index in [2.05, 4.69) is 33.8 Å². The third-order valence-electron chi connectivity index (χ3n) is 5.60. The van der Waals surface area contributed by atoms with Gasteiger partial charge in [0.2, 0.25) is 0 Å². The highest BCUT2D eigenvalue weighted by Gasteiger charge is 2.25. The minimum absolute atomic E-state index is 0.313. The Morgan fingerprint density at radius 3 is 2.75 bits per heavy atom. The van der Waals surface area contributed by atoms with Crippen molar-refractivity contribution in [2.75, 3.05) is 44.4 Å². The number of hydrogen-bond donors (Lipinski definition) is 0. The van der Waals surface area contributed by atoms with Crippen molar-refractivity contribution in [3.63, 3.8) is 0 Å². The second kappa shape index (κ2) is 9.03. The molecule has 0 N–H and O–H groups in total. The highest BCUT2D eigenvalue weighted by atomic mass is 16.5. The average molecular weight is 386 g/mol. The first-order valence-electron chi connectivity index (χ1n) is 10.3. The number of morpholine rings is 1. The van der Waals surface area contributed by atoms with Crippen LogP contribution in [0, 0.1) is 6.92 Å². The lowest BCUT2D eigenvalue weighted by atomic mass is 10.1. The smallest absolute Gasteiger partial charge is 0.131 e. The van der Waals surface area contributed by atoms with Gasteiger partial charge in [-0.15, -0.1) is 0 Å². The number of aryl methyl sites for hydroxylation is 2. The molecule has 4 heterocycles. The van der Waals surface area contributed by atoms with E-state index in [1.54, 1.807) is 0 Å². The quantitative estimate of drug-likeness (QED) is 0.728. The number of nitrogens with zero attached hydrogens (tertiary/aromatic N) is 5. The van der Waals surface area contributed by atoms with E-state index in [1.807, 2.05) is 24.0 Å². The Bertz CT molecular complexity index is 752. The average Bonchev–Trinajstić information content (AvgIpc) is 3.31. The van der Waals surface area contributed by atoms with E-state index in [0.717, 1.165) is 76.8 Å². The van der Waals surface area contributed by atoms with E-state index in [0.29, 0.717) is 6.10 Å². The zero-order valence-electron chi connectivity index (χ0n) is 17.0. The van der Waals surface area contributed by atoms with Gasteiger partial charge in [0, 0.05) is 58.1 Å². The number of pyridine rings is 1. The van der Waals surface area contributed by atoms with Crippen molar-refractivity contribution in [1.29, 1.82) is 0 Å². The van der Waals surface area contributed by atoms with Crippen LogP contribution in [0.2, 0.25) is 0 Å². The minimum atomic E-state index is 0.313. The molecule has 0 bridgehead atoms. The lowest BCUT2D eigenvalue weighted by Crippen LogP contribution is -2.38. The molecule has 0 radical (unpaired) electrons. The Balaban J connectivity index is 1.56. The van der Waals surface area contributed by atoms with Crippen molar-refractivity contribution >= 4 is 5.82 Å². The van der Waals surface area contributed by atoms with Crippen LogP contribution in [0.1, 0.15) is 29.8 Å². The summed E-state index contributed by atoms with van der Waals surface area (Å²) >= 11 is 0. The van der Waals surface area contributed by atoms with Gasteiger partial charge in [0.25, 0.3) is 0 Å². The van der Waals surface area contributed by atoms with Gasteiger partial charge >= 0.3 is 0 Å². The summed E-state index contributed by atoms with van der Waals surface area (Å²) in [5, 5.41) is 4.74. The van der Waals surface area contributed by atoms with Gasteiger partial charge in [0.1, 0.15) is 5.82 Å². The maximum Gasteiger partial charge on any atom is 0.131 e. The number of hydrogen-bond acceptors (Lipinski definition) is 6. The fraction of sp³-hybridized carbons (Fsp3) is 0.619. The molecule has 0 spiro atoms. The van der Waals surface area contributed by atoms with Crippen LogP contribution < -0.4 is 4.90 Å². The Hall–Kier alpha value is -1.96. The molecule has 1 atom stereocenters. The van der Waals surface area contributed by atoms with E-state index >= 15 is 0 Å². The molecule has 2 aromatic heterocycles. The summed E-state index contributed by atoms with van der Waals surface area (Å²) in [5.41, 5.74) is 3.50. The zero-order valence-corrected chi connectivity index (χ0v) is 17.0. The molecule has 2 saturated heterocycles. The van der Waals surface area contributed by atoms with Crippen molar-refractivity contribution in [3.05, 3.63) is 41.3 Å². The molecule has 0 saturated carbocycles. The molecule has 2 fully saturated rings. The molecule has 0 amide bonds. The second-order valence-corrected chi connectivity index (χ2v) is 7.74. The minimum Gasteiger partial charge on any atom is -0.378 e. The summed E-state index contributed by atoms with van der Waals surface area (Å²) in [6, 6.07) is 6.12. The van der Waals surface area contributed by atoms with Crippen molar-refractivity contribution in [2.24, 2.45) is 7.05 Å². The number of anilines is 1. The lowest BCUT2D eigenvalue weighted by Gasteiger charge is -2.31. The largest absolute Gasteiger partial charge is 0.378 e. The van der Waals surface area contributed by atoms with Gasteiger partial charge in [-0.25, -0.2) is 0 Å². The van der Waals surface area contributed by atoms with Crippen LogP contribution >= 0.6 is 0 Å². The van der Waals surface area contributed by atoms with Gasteiger partial charge < -0.3 is 14.4 Å². The van der Waals surface area contributed by atoms with Gasteiger partial charge in [-0.1, -0.05) is 6.07 Å². The Morgan fingerprint density at radius 1 is 1.18 bits per heavy atom. The van der Waals surface area contributed by atoms with E-state index < -0.39 is 0 Å². The van der Waals surface area contributed by atoms with Crippen LogP contribution in [0.15, 0.2) is 24.4 Å². The standard InChI is InChI=1S/C21H31N5O2/c1-17-20(21(24(2)23-17)26-9-12-27-13-10-26)16-25(15-19-7-5-11-28-19)14-18-6-3-4-8-22-18/h3-4,6,8,19H,5,7,9-16H2,1-2H3/t19-/m0/s1. The van der Waals surface area contributed by atoms with Gasteiger partial charge in [0.05, 0.1) is 30.7 Å². The summed E-state index contributed by atoms with van der Waals surface area (Å²) in [6.07, 6.45) is 4.48. The molecule has 2 aromatic rings. The fourth-order valence-electron chi connectivity index (χ4n) is 4.25. The SMILES string of the molecule is Cc1nn(C)c(N2CCOCC2)c1CN(Cc1ccccn1)C[C@@H]1CCCO1. The Labute approximate surface area is 167 Å². The highest BCUT2D eigenvalue weighted by Crippen LogP contribution is 2.27. The molecular weight excluding hydrogens is 354 g/mol. The van der Waals surface area contributed by atoms with Crippen molar-refractivity contribution in [3.8, 4) is 0 Å². The van der Waals surface area contributed by atoms with Gasteiger partial charge in [0.15, 0.2) is 0 Å². The summed E-state index contributed by atoms with van der Waals surface area (Å²) in [5.74, 6) is 1.22. The molecule has 28 heavy (non-hydrogen) atoms. The van der Waals surface area contributed by atoms with Crippen molar-refractivity contribution in [1.82, 2.24) is 19.7 Å². The monoisotopic (exact) mass is 385 g/mol. The van der Waals surface area contributed by atoms with Crippen LogP contribution in [0.4, 0.5) is 5.82 Å². The molecule has 152 valence electrons. The summed E-state index contributed by atoms with van der Waals surface area (Å²) in [7, 11) is 2.05. The molecule has 0 aromatic carbocycles. The molecule has 0 unspecified atom stereocenters. The summed E-state index contributed by atoms with van der Waals surface area (Å²) in [6.45, 7) is 8.97.